The molecule has 1 amide bonds. The van der Waals surface area contributed by atoms with E-state index in [-0.39, 0.29) is 11.6 Å². The molecule has 0 aromatic heterocycles. The minimum Gasteiger partial charge on any atom is -0.295 e. The first kappa shape index (κ1) is 19.3. The van der Waals surface area contributed by atoms with Gasteiger partial charge >= 0.3 is 0 Å². The highest BCUT2D eigenvalue weighted by molar-refractivity contribution is 6.54. The molecule has 3 nitrogen and oxygen atoms in total. The zero-order valence-corrected chi connectivity index (χ0v) is 17.4. The van der Waals surface area contributed by atoms with Crippen molar-refractivity contribution in [2.24, 2.45) is 0 Å². The summed E-state index contributed by atoms with van der Waals surface area (Å²) in [7, 11) is 0. The predicted octanol–water partition coefficient (Wildman–Crippen LogP) is 6.05. The smallest absolute Gasteiger partial charge is 0.278 e. The van der Waals surface area contributed by atoms with Crippen LogP contribution in [0.15, 0.2) is 109 Å². The van der Waals surface area contributed by atoms with Crippen LogP contribution in [-0.2, 0) is 10.3 Å². The number of rotatable bonds is 4. The maximum atomic E-state index is 13.7. The van der Waals surface area contributed by atoms with Crippen LogP contribution in [0.3, 0.4) is 0 Å². The Balaban J connectivity index is 1.93. The molecule has 31 heavy (non-hydrogen) atoms. The van der Waals surface area contributed by atoms with Crippen molar-refractivity contribution in [2.45, 2.75) is 5.54 Å². The highest BCUT2D eigenvalue weighted by Crippen LogP contribution is 2.48. The molecule has 5 rings (SSSR count). The van der Waals surface area contributed by atoms with Gasteiger partial charge in [-0.2, -0.15) is 0 Å². The van der Waals surface area contributed by atoms with E-state index < -0.39 is 5.54 Å². The van der Waals surface area contributed by atoms with Crippen LogP contribution in [0.4, 0.5) is 5.69 Å². The van der Waals surface area contributed by atoms with Gasteiger partial charge in [0.05, 0.1) is 5.69 Å². The lowest BCUT2D eigenvalue weighted by molar-refractivity contribution is -0.113. The number of nitrogens with one attached hydrogen (secondary N) is 1. The van der Waals surface area contributed by atoms with Crippen molar-refractivity contribution in [3.8, 4) is 0 Å². The van der Waals surface area contributed by atoms with Crippen molar-refractivity contribution in [3.63, 3.8) is 0 Å². The molecule has 0 atom stereocenters. The largest absolute Gasteiger partial charge is 0.295 e. The number of halogens is 1. The fourth-order valence-corrected chi connectivity index (χ4v) is 4.67. The van der Waals surface area contributed by atoms with E-state index in [2.05, 4.69) is 0 Å². The molecule has 0 fully saturated rings. The normalized spacial score (nSPS) is 13.4. The molecule has 1 heterocycles. The van der Waals surface area contributed by atoms with Gasteiger partial charge in [0.15, 0.2) is 0 Å². The maximum Gasteiger partial charge on any atom is 0.278 e. The molecule has 4 aromatic carbocycles. The van der Waals surface area contributed by atoms with Crippen LogP contribution < -0.4 is 4.90 Å². The molecule has 4 heteroatoms. The number of fused-ring (bicyclic) bond motifs is 1. The molecule has 0 unspecified atom stereocenters. The van der Waals surface area contributed by atoms with Crippen molar-refractivity contribution in [1.82, 2.24) is 0 Å². The molecule has 0 spiro atoms. The Morgan fingerprint density at radius 3 is 1.58 bits per heavy atom. The maximum absolute atomic E-state index is 13.7. The van der Waals surface area contributed by atoms with E-state index in [1.54, 1.807) is 17.0 Å². The summed E-state index contributed by atoms with van der Waals surface area (Å²) in [6.45, 7) is 0. The number of carbonyl (C=O) groups excluding carboxylic acids is 1. The van der Waals surface area contributed by atoms with Gasteiger partial charge in [0.2, 0.25) is 0 Å². The Kier molecular flexibility index (Phi) is 4.68. The molecule has 1 N–H and O–H groups in total. The minimum absolute atomic E-state index is 0.0512. The summed E-state index contributed by atoms with van der Waals surface area (Å²) in [6, 6.07) is 35.2. The molecule has 0 radical (unpaired) electrons. The van der Waals surface area contributed by atoms with E-state index in [1.165, 1.54) is 0 Å². The van der Waals surface area contributed by atoms with Gasteiger partial charge in [-0.25, -0.2) is 0 Å². The van der Waals surface area contributed by atoms with Gasteiger partial charge in [0.25, 0.3) is 5.91 Å². The number of benzene rings is 4. The van der Waals surface area contributed by atoms with Crippen LogP contribution in [0.25, 0.3) is 0 Å². The highest BCUT2D eigenvalue weighted by atomic mass is 35.5. The summed E-state index contributed by atoms with van der Waals surface area (Å²) in [5.74, 6) is -0.353. The molecular weight excluding hydrogens is 404 g/mol. The average Bonchev–Trinajstić information content (AvgIpc) is 3.07. The Morgan fingerprint density at radius 1 is 0.677 bits per heavy atom. The highest BCUT2D eigenvalue weighted by Gasteiger charge is 2.50. The number of nitrogens with zero attached hydrogens (tertiary/aromatic N) is 1. The number of carbonyl (C=O) groups is 1. The lowest BCUT2D eigenvalue weighted by atomic mass is 9.75. The number of amides is 1. The predicted molar refractivity (Wildman–Crippen MR) is 125 cm³/mol. The van der Waals surface area contributed by atoms with E-state index in [9.17, 15) is 4.79 Å². The van der Waals surface area contributed by atoms with E-state index in [4.69, 9.17) is 17.0 Å². The minimum atomic E-state index is -0.952. The number of anilines is 1. The van der Waals surface area contributed by atoms with Gasteiger partial charge in [-0.1, -0.05) is 103 Å². The standard InChI is InChI=1S/C27H19ClN2O/c28-22-16-17-24-23(18-22)25(29)26(31)30(24)27(19-10-4-1-5-11-19,20-12-6-2-7-13-20)21-14-8-3-9-15-21/h1-18,29H. The second-order valence-electron chi connectivity index (χ2n) is 7.49. The molecule has 1 aliphatic heterocycles. The SMILES string of the molecule is N=C1C(=O)N(C(c2ccccc2)(c2ccccc2)c2ccccc2)c2ccc(Cl)cc21. The molecule has 0 saturated heterocycles. The first-order chi connectivity index (χ1) is 15.1. The van der Waals surface area contributed by atoms with E-state index >= 15 is 0 Å². The quantitative estimate of drug-likeness (QED) is 0.400. The third-order valence-corrected chi connectivity index (χ3v) is 6.03. The Bertz CT molecular complexity index is 1170. The first-order valence-electron chi connectivity index (χ1n) is 10.0. The van der Waals surface area contributed by atoms with Crippen LogP contribution in [-0.4, -0.2) is 11.6 Å². The van der Waals surface area contributed by atoms with E-state index in [0.717, 1.165) is 16.7 Å². The fraction of sp³-hybridized carbons (Fsp3) is 0.0370. The first-order valence-corrected chi connectivity index (χ1v) is 10.4. The van der Waals surface area contributed by atoms with Crippen LogP contribution >= 0.6 is 11.6 Å². The zero-order chi connectivity index (χ0) is 21.4. The summed E-state index contributed by atoms with van der Waals surface area (Å²) in [4.78, 5) is 15.4. The van der Waals surface area contributed by atoms with Crippen LogP contribution in [0.1, 0.15) is 22.3 Å². The second kappa shape index (κ2) is 7.53. The average molecular weight is 423 g/mol. The summed E-state index contributed by atoms with van der Waals surface area (Å²) in [5.41, 5.74) is 3.04. The third-order valence-electron chi connectivity index (χ3n) is 5.80. The molecule has 0 bridgehead atoms. The Morgan fingerprint density at radius 2 is 1.13 bits per heavy atom. The van der Waals surface area contributed by atoms with E-state index in [0.29, 0.717) is 16.3 Å². The van der Waals surface area contributed by atoms with Crippen LogP contribution in [0.2, 0.25) is 5.02 Å². The summed E-state index contributed by atoms with van der Waals surface area (Å²) in [6.07, 6.45) is 0. The Labute approximate surface area is 186 Å². The molecule has 150 valence electrons. The number of hydrogen-bond donors (Lipinski definition) is 1. The van der Waals surface area contributed by atoms with Crippen molar-refractivity contribution in [2.75, 3.05) is 4.90 Å². The topological polar surface area (TPSA) is 44.2 Å². The summed E-state index contributed by atoms with van der Waals surface area (Å²) >= 11 is 6.22. The Hall–Kier alpha value is -3.69. The fourth-order valence-electron chi connectivity index (χ4n) is 4.50. The van der Waals surface area contributed by atoms with Crippen LogP contribution in [0, 0.1) is 5.41 Å². The molecule has 1 aliphatic rings. The van der Waals surface area contributed by atoms with Crippen molar-refractivity contribution in [3.05, 3.63) is 136 Å². The van der Waals surface area contributed by atoms with Crippen molar-refractivity contribution in [1.29, 1.82) is 5.41 Å². The number of hydrogen-bond acceptors (Lipinski definition) is 2. The zero-order valence-electron chi connectivity index (χ0n) is 16.6. The summed E-state index contributed by atoms with van der Waals surface area (Å²) < 4.78 is 0. The van der Waals surface area contributed by atoms with Gasteiger partial charge in [0.1, 0.15) is 11.3 Å². The van der Waals surface area contributed by atoms with E-state index in [1.807, 2.05) is 97.1 Å². The van der Waals surface area contributed by atoms with Crippen molar-refractivity contribution >= 4 is 28.9 Å². The summed E-state index contributed by atoms with van der Waals surface area (Å²) in [5, 5.41) is 9.08. The van der Waals surface area contributed by atoms with Crippen molar-refractivity contribution < 1.29 is 4.79 Å². The van der Waals surface area contributed by atoms with Crippen LogP contribution in [0.5, 0.6) is 0 Å². The van der Waals surface area contributed by atoms with Gasteiger partial charge in [-0.05, 0) is 34.9 Å². The van der Waals surface area contributed by atoms with Gasteiger partial charge in [-0.3, -0.25) is 15.1 Å². The van der Waals surface area contributed by atoms with Gasteiger partial charge in [0, 0.05) is 10.6 Å². The lowest BCUT2D eigenvalue weighted by Crippen LogP contribution is -2.51. The third kappa shape index (κ3) is 2.89. The molecule has 0 aliphatic carbocycles. The van der Waals surface area contributed by atoms with Gasteiger partial charge in [-0.15, -0.1) is 0 Å². The lowest BCUT2D eigenvalue weighted by Gasteiger charge is -2.43. The molecule has 4 aromatic rings. The monoisotopic (exact) mass is 422 g/mol. The van der Waals surface area contributed by atoms with Gasteiger partial charge < -0.3 is 0 Å². The molecular formula is C27H19ClN2O. The molecule has 0 saturated carbocycles. The second-order valence-corrected chi connectivity index (χ2v) is 7.92.